The standard InChI is InChI=1S/C23H19N3O3S/c1-16-8-7-9-17(14-16)22-25-26-23(29-22)30-15-21(27)24-19-12-5-6-13-20(19)28-18-10-3-2-4-11-18/h2-14H,15H2,1H3,(H,24,27). The van der Waals surface area contributed by atoms with Gasteiger partial charge >= 0.3 is 0 Å². The molecule has 0 atom stereocenters. The Kier molecular flexibility index (Phi) is 6.10. The molecule has 0 unspecified atom stereocenters. The zero-order valence-electron chi connectivity index (χ0n) is 16.2. The van der Waals surface area contributed by atoms with E-state index < -0.39 is 0 Å². The Morgan fingerprint density at radius 1 is 1.00 bits per heavy atom. The first-order valence-corrected chi connectivity index (χ1v) is 10.3. The van der Waals surface area contributed by atoms with Gasteiger partial charge in [0.2, 0.25) is 11.8 Å². The number of carbonyl (C=O) groups is 1. The van der Waals surface area contributed by atoms with Gasteiger partial charge in [-0.3, -0.25) is 4.79 Å². The van der Waals surface area contributed by atoms with Crippen molar-refractivity contribution < 1.29 is 13.9 Å². The van der Waals surface area contributed by atoms with E-state index in [-0.39, 0.29) is 11.7 Å². The van der Waals surface area contributed by atoms with Crippen LogP contribution in [0.4, 0.5) is 5.69 Å². The minimum absolute atomic E-state index is 0.134. The zero-order valence-corrected chi connectivity index (χ0v) is 17.1. The van der Waals surface area contributed by atoms with Crippen molar-refractivity contribution in [2.24, 2.45) is 0 Å². The number of hydrogen-bond acceptors (Lipinski definition) is 6. The van der Waals surface area contributed by atoms with Gasteiger partial charge in [-0.05, 0) is 43.3 Å². The lowest BCUT2D eigenvalue weighted by Crippen LogP contribution is -2.14. The fourth-order valence-corrected chi connectivity index (χ4v) is 3.31. The quantitative estimate of drug-likeness (QED) is 0.396. The van der Waals surface area contributed by atoms with Gasteiger partial charge in [0, 0.05) is 5.56 Å². The summed E-state index contributed by atoms with van der Waals surface area (Å²) in [4.78, 5) is 12.4. The number of benzene rings is 3. The van der Waals surface area contributed by atoms with Crippen molar-refractivity contribution >= 4 is 23.4 Å². The number of nitrogens with zero attached hydrogens (tertiary/aromatic N) is 2. The van der Waals surface area contributed by atoms with E-state index >= 15 is 0 Å². The molecule has 0 saturated carbocycles. The molecule has 0 radical (unpaired) electrons. The molecule has 1 N–H and O–H groups in total. The molecule has 0 spiro atoms. The SMILES string of the molecule is Cc1cccc(-c2nnc(SCC(=O)Nc3ccccc3Oc3ccccc3)o2)c1. The van der Waals surface area contributed by atoms with Crippen LogP contribution in [0.5, 0.6) is 11.5 Å². The largest absolute Gasteiger partial charge is 0.455 e. The molecule has 1 aromatic heterocycles. The first-order chi connectivity index (χ1) is 14.7. The predicted octanol–water partition coefficient (Wildman–Crippen LogP) is 5.57. The number of aryl methyl sites for hydroxylation is 1. The van der Waals surface area contributed by atoms with Crippen molar-refractivity contribution in [1.82, 2.24) is 10.2 Å². The molecule has 6 nitrogen and oxygen atoms in total. The van der Waals surface area contributed by atoms with Gasteiger partial charge < -0.3 is 14.5 Å². The van der Waals surface area contributed by atoms with Crippen LogP contribution in [0.25, 0.3) is 11.5 Å². The van der Waals surface area contributed by atoms with Crippen LogP contribution in [-0.2, 0) is 4.79 Å². The Bertz CT molecular complexity index is 1150. The molecule has 0 saturated heterocycles. The number of nitrogens with one attached hydrogen (secondary N) is 1. The molecule has 4 aromatic rings. The summed E-state index contributed by atoms with van der Waals surface area (Å²) in [5.41, 5.74) is 2.55. The highest BCUT2D eigenvalue weighted by Crippen LogP contribution is 2.29. The number of rotatable bonds is 7. The van der Waals surface area contributed by atoms with Crippen LogP contribution in [0.2, 0.25) is 0 Å². The average Bonchev–Trinajstić information content (AvgIpc) is 3.24. The smallest absolute Gasteiger partial charge is 0.277 e. The Labute approximate surface area is 178 Å². The molecular weight excluding hydrogens is 398 g/mol. The predicted molar refractivity (Wildman–Crippen MR) is 117 cm³/mol. The third-order valence-electron chi connectivity index (χ3n) is 4.13. The van der Waals surface area contributed by atoms with Gasteiger partial charge in [-0.15, -0.1) is 10.2 Å². The first kappa shape index (κ1) is 19.7. The fourth-order valence-electron chi connectivity index (χ4n) is 2.75. The molecule has 0 aliphatic carbocycles. The number of para-hydroxylation sites is 3. The van der Waals surface area contributed by atoms with E-state index in [1.807, 2.05) is 79.7 Å². The first-order valence-electron chi connectivity index (χ1n) is 9.32. The van der Waals surface area contributed by atoms with E-state index in [0.29, 0.717) is 28.3 Å². The summed E-state index contributed by atoms with van der Waals surface area (Å²) in [6, 6.07) is 24.5. The molecule has 30 heavy (non-hydrogen) atoms. The van der Waals surface area contributed by atoms with E-state index in [4.69, 9.17) is 9.15 Å². The van der Waals surface area contributed by atoms with Crippen molar-refractivity contribution in [3.63, 3.8) is 0 Å². The summed E-state index contributed by atoms with van der Waals surface area (Å²) in [5, 5.41) is 11.3. The van der Waals surface area contributed by atoms with E-state index in [1.54, 1.807) is 6.07 Å². The van der Waals surface area contributed by atoms with Crippen LogP contribution < -0.4 is 10.1 Å². The maximum atomic E-state index is 12.4. The molecule has 0 bridgehead atoms. The fraction of sp³-hybridized carbons (Fsp3) is 0.0870. The summed E-state index contributed by atoms with van der Waals surface area (Å²) >= 11 is 1.18. The van der Waals surface area contributed by atoms with Gasteiger partial charge in [0.25, 0.3) is 5.22 Å². The van der Waals surface area contributed by atoms with E-state index in [9.17, 15) is 4.79 Å². The van der Waals surface area contributed by atoms with Crippen LogP contribution in [0, 0.1) is 6.92 Å². The van der Waals surface area contributed by atoms with Crippen molar-refractivity contribution in [2.45, 2.75) is 12.1 Å². The van der Waals surface area contributed by atoms with E-state index in [0.717, 1.165) is 11.1 Å². The van der Waals surface area contributed by atoms with Crippen LogP contribution in [-0.4, -0.2) is 21.9 Å². The number of thioether (sulfide) groups is 1. The monoisotopic (exact) mass is 417 g/mol. The number of amides is 1. The second-order valence-electron chi connectivity index (χ2n) is 6.49. The third-order valence-corrected chi connectivity index (χ3v) is 4.95. The van der Waals surface area contributed by atoms with Gasteiger partial charge in [0.1, 0.15) is 5.75 Å². The van der Waals surface area contributed by atoms with E-state index in [2.05, 4.69) is 15.5 Å². The average molecular weight is 417 g/mol. The highest BCUT2D eigenvalue weighted by Gasteiger charge is 2.13. The summed E-state index contributed by atoms with van der Waals surface area (Å²) in [7, 11) is 0. The second kappa shape index (κ2) is 9.28. The number of carbonyl (C=O) groups excluding carboxylic acids is 1. The normalized spacial score (nSPS) is 10.6. The van der Waals surface area contributed by atoms with Crippen molar-refractivity contribution in [3.05, 3.63) is 84.4 Å². The number of anilines is 1. The van der Waals surface area contributed by atoms with Crippen molar-refractivity contribution in [2.75, 3.05) is 11.1 Å². The Morgan fingerprint density at radius 2 is 1.80 bits per heavy atom. The van der Waals surface area contributed by atoms with Gasteiger partial charge in [-0.1, -0.05) is 59.8 Å². The van der Waals surface area contributed by atoms with Crippen LogP contribution in [0.15, 0.2) is 88.5 Å². The number of hydrogen-bond donors (Lipinski definition) is 1. The third kappa shape index (κ3) is 5.07. The van der Waals surface area contributed by atoms with Gasteiger partial charge in [-0.25, -0.2) is 0 Å². The lowest BCUT2D eigenvalue weighted by molar-refractivity contribution is -0.113. The number of aromatic nitrogens is 2. The molecule has 1 amide bonds. The second-order valence-corrected chi connectivity index (χ2v) is 7.42. The molecule has 7 heteroatoms. The molecular formula is C23H19N3O3S. The molecule has 3 aromatic carbocycles. The molecule has 1 heterocycles. The van der Waals surface area contributed by atoms with Crippen LogP contribution >= 0.6 is 11.8 Å². The van der Waals surface area contributed by atoms with Gasteiger partial charge in [0.15, 0.2) is 5.75 Å². The molecule has 150 valence electrons. The topological polar surface area (TPSA) is 77.2 Å². The molecule has 4 rings (SSSR count). The van der Waals surface area contributed by atoms with E-state index in [1.165, 1.54) is 11.8 Å². The van der Waals surface area contributed by atoms with Gasteiger partial charge in [0.05, 0.1) is 11.4 Å². The van der Waals surface area contributed by atoms with Gasteiger partial charge in [-0.2, -0.15) is 0 Å². The minimum Gasteiger partial charge on any atom is -0.455 e. The summed E-state index contributed by atoms with van der Waals surface area (Å²) in [6.45, 7) is 2.00. The highest BCUT2D eigenvalue weighted by atomic mass is 32.2. The molecule has 0 fully saturated rings. The lowest BCUT2D eigenvalue weighted by atomic mass is 10.1. The van der Waals surface area contributed by atoms with Crippen molar-refractivity contribution in [3.8, 4) is 23.0 Å². The zero-order chi connectivity index (χ0) is 20.8. The Balaban J connectivity index is 1.37. The maximum Gasteiger partial charge on any atom is 0.277 e. The van der Waals surface area contributed by atoms with Crippen LogP contribution in [0.3, 0.4) is 0 Å². The molecule has 0 aliphatic heterocycles. The highest BCUT2D eigenvalue weighted by molar-refractivity contribution is 7.99. The summed E-state index contributed by atoms with van der Waals surface area (Å²) in [6.07, 6.45) is 0. The summed E-state index contributed by atoms with van der Waals surface area (Å²) < 4.78 is 11.5. The Morgan fingerprint density at radius 3 is 2.63 bits per heavy atom. The van der Waals surface area contributed by atoms with Crippen molar-refractivity contribution in [1.29, 1.82) is 0 Å². The Hall–Kier alpha value is -3.58. The minimum atomic E-state index is -0.195. The summed E-state index contributed by atoms with van der Waals surface area (Å²) in [5.74, 6) is 1.64. The number of ether oxygens (including phenoxy) is 1. The maximum absolute atomic E-state index is 12.4. The lowest BCUT2D eigenvalue weighted by Gasteiger charge is -2.11. The van der Waals surface area contributed by atoms with Crippen LogP contribution in [0.1, 0.15) is 5.56 Å². The molecule has 0 aliphatic rings.